The number of hydrogen-bond acceptors (Lipinski definition) is 5. The summed E-state index contributed by atoms with van der Waals surface area (Å²) in [6.07, 6.45) is -0.685. The molecule has 6 nitrogen and oxygen atoms in total. The Bertz CT molecular complexity index is 498. The molecule has 1 aliphatic heterocycles. The average molecular weight is 315 g/mol. The predicted octanol–water partition coefficient (Wildman–Crippen LogP) is 0.662. The number of fused-ring (bicyclic) bond motifs is 1. The Morgan fingerprint density at radius 1 is 1.57 bits per heavy atom. The van der Waals surface area contributed by atoms with Crippen LogP contribution in [0.2, 0.25) is 5.02 Å². The van der Waals surface area contributed by atoms with E-state index in [1.54, 1.807) is 25.3 Å². The number of carbonyl (C=O) groups is 1. The lowest BCUT2D eigenvalue weighted by atomic mass is 10.2. The van der Waals surface area contributed by atoms with Crippen molar-refractivity contribution in [2.24, 2.45) is 0 Å². The average Bonchev–Trinajstić information content (AvgIpc) is 2.47. The molecule has 1 heterocycles. The lowest BCUT2D eigenvalue weighted by Gasteiger charge is -2.31. The summed E-state index contributed by atoms with van der Waals surface area (Å²) in [5.41, 5.74) is 0.592. The van der Waals surface area contributed by atoms with E-state index in [1.807, 2.05) is 0 Å². The van der Waals surface area contributed by atoms with Gasteiger partial charge in [-0.2, -0.15) is 0 Å². The number of nitrogens with zero attached hydrogens (tertiary/aromatic N) is 1. The Kier molecular flexibility index (Phi) is 5.81. The van der Waals surface area contributed by atoms with E-state index in [0.29, 0.717) is 36.2 Å². The van der Waals surface area contributed by atoms with Crippen molar-refractivity contribution in [2.45, 2.75) is 6.10 Å². The summed E-state index contributed by atoms with van der Waals surface area (Å²) < 4.78 is 10.3. The Morgan fingerprint density at radius 3 is 3.14 bits per heavy atom. The molecule has 7 heteroatoms. The minimum Gasteiger partial charge on any atom is -0.482 e. The highest BCUT2D eigenvalue weighted by Gasteiger charge is 2.27. The number of carbonyl (C=O) groups excluding carboxylic acids is 1. The van der Waals surface area contributed by atoms with Crippen molar-refractivity contribution >= 4 is 23.2 Å². The van der Waals surface area contributed by atoms with Crippen LogP contribution >= 0.6 is 11.6 Å². The number of methoxy groups -OCH3 is 1. The fraction of sp³-hybridized carbons (Fsp3) is 0.500. The molecule has 116 valence electrons. The highest BCUT2D eigenvalue weighted by molar-refractivity contribution is 6.31. The van der Waals surface area contributed by atoms with Crippen molar-refractivity contribution in [1.82, 2.24) is 5.32 Å². The van der Waals surface area contributed by atoms with E-state index in [1.165, 1.54) is 4.90 Å². The number of halogens is 1. The molecule has 0 fully saturated rings. The molecule has 0 aromatic heterocycles. The minimum atomic E-state index is -0.685. The van der Waals surface area contributed by atoms with Gasteiger partial charge in [0.2, 0.25) is 0 Å². The Balaban J connectivity index is 1.99. The van der Waals surface area contributed by atoms with E-state index in [9.17, 15) is 9.90 Å². The van der Waals surface area contributed by atoms with Crippen LogP contribution in [0.15, 0.2) is 18.2 Å². The normalized spacial score (nSPS) is 15.6. The lowest BCUT2D eigenvalue weighted by Crippen LogP contribution is -2.45. The maximum absolute atomic E-state index is 12.0. The summed E-state index contributed by atoms with van der Waals surface area (Å²) >= 11 is 5.96. The molecule has 0 spiro atoms. The molecular weight excluding hydrogens is 296 g/mol. The molecule has 0 aliphatic carbocycles. The largest absolute Gasteiger partial charge is 0.482 e. The molecule has 0 saturated heterocycles. The molecule has 0 bridgehead atoms. The van der Waals surface area contributed by atoms with E-state index in [4.69, 9.17) is 21.1 Å². The fourth-order valence-corrected chi connectivity index (χ4v) is 2.26. The summed E-state index contributed by atoms with van der Waals surface area (Å²) in [7, 11) is 1.62. The van der Waals surface area contributed by atoms with Crippen LogP contribution in [0.3, 0.4) is 0 Å². The molecule has 1 aromatic carbocycles. The second-order valence-electron chi connectivity index (χ2n) is 4.76. The lowest BCUT2D eigenvalue weighted by molar-refractivity contribution is -0.121. The van der Waals surface area contributed by atoms with Gasteiger partial charge in [0.1, 0.15) is 5.75 Å². The number of amides is 1. The number of nitrogens with one attached hydrogen (secondary N) is 1. The Morgan fingerprint density at radius 2 is 2.38 bits per heavy atom. The number of β-amino-alcohol motifs (C(OH)–C–C–N with tert-alkyl or cyclic N) is 1. The number of ether oxygens (including phenoxy) is 2. The van der Waals surface area contributed by atoms with E-state index < -0.39 is 6.10 Å². The van der Waals surface area contributed by atoms with Crippen LogP contribution < -0.4 is 15.0 Å². The number of aliphatic hydroxyl groups excluding tert-OH is 1. The van der Waals surface area contributed by atoms with Crippen molar-refractivity contribution < 1.29 is 19.4 Å². The number of aliphatic hydroxyl groups is 1. The van der Waals surface area contributed by atoms with Crippen LogP contribution in [0.4, 0.5) is 5.69 Å². The quantitative estimate of drug-likeness (QED) is 0.724. The first kappa shape index (κ1) is 16.0. The van der Waals surface area contributed by atoms with Gasteiger partial charge in [-0.3, -0.25) is 4.79 Å². The van der Waals surface area contributed by atoms with Crippen LogP contribution in [0.25, 0.3) is 0 Å². The predicted molar refractivity (Wildman–Crippen MR) is 80.1 cm³/mol. The molecule has 1 atom stereocenters. The molecule has 21 heavy (non-hydrogen) atoms. The summed E-state index contributed by atoms with van der Waals surface area (Å²) in [5.74, 6) is 0.402. The standard InChI is InChI=1S/C14H19ClN2O4/c1-20-5-4-16-7-11(18)8-17-12-6-10(15)2-3-13(12)21-9-14(17)19/h2-3,6,11,16,18H,4-5,7-9H2,1H3. The third kappa shape index (κ3) is 4.31. The van der Waals surface area contributed by atoms with Crippen LogP contribution in [0.1, 0.15) is 0 Å². The van der Waals surface area contributed by atoms with Gasteiger partial charge in [-0.25, -0.2) is 0 Å². The van der Waals surface area contributed by atoms with Gasteiger partial charge in [0.25, 0.3) is 5.91 Å². The Hall–Kier alpha value is -1.34. The monoisotopic (exact) mass is 314 g/mol. The maximum atomic E-state index is 12.0. The van der Waals surface area contributed by atoms with Gasteiger partial charge >= 0.3 is 0 Å². The SMILES string of the molecule is COCCNCC(O)CN1C(=O)COc2ccc(Cl)cc21. The Labute approximate surface area is 128 Å². The summed E-state index contributed by atoms with van der Waals surface area (Å²) in [6, 6.07) is 5.09. The molecule has 2 rings (SSSR count). The van der Waals surface area contributed by atoms with Gasteiger partial charge in [-0.15, -0.1) is 0 Å². The third-order valence-corrected chi connectivity index (χ3v) is 3.36. The second-order valence-corrected chi connectivity index (χ2v) is 5.19. The number of benzene rings is 1. The van der Waals surface area contributed by atoms with Crippen LogP contribution in [-0.2, 0) is 9.53 Å². The van der Waals surface area contributed by atoms with Crippen molar-refractivity contribution in [2.75, 3.05) is 44.9 Å². The number of hydrogen-bond donors (Lipinski definition) is 2. The maximum Gasteiger partial charge on any atom is 0.265 e. The zero-order chi connectivity index (χ0) is 15.2. The molecule has 1 aromatic rings. The van der Waals surface area contributed by atoms with E-state index >= 15 is 0 Å². The first-order valence-electron chi connectivity index (χ1n) is 6.72. The van der Waals surface area contributed by atoms with Crippen LogP contribution in [0, 0.1) is 0 Å². The smallest absolute Gasteiger partial charge is 0.265 e. The number of anilines is 1. The third-order valence-electron chi connectivity index (χ3n) is 3.12. The molecule has 1 amide bonds. The van der Waals surface area contributed by atoms with Gasteiger partial charge in [-0.05, 0) is 18.2 Å². The van der Waals surface area contributed by atoms with E-state index in [-0.39, 0.29) is 19.1 Å². The van der Waals surface area contributed by atoms with Crippen molar-refractivity contribution in [3.63, 3.8) is 0 Å². The molecule has 0 saturated carbocycles. The van der Waals surface area contributed by atoms with Crippen molar-refractivity contribution in [1.29, 1.82) is 0 Å². The molecule has 0 radical (unpaired) electrons. The zero-order valence-corrected chi connectivity index (χ0v) is 12.6. The van der Waals surface area contributed by atoms with Crippen molar-refractivity contribution in [3.05, 3.63) is 23.2 Å². The van der Waals surface area contributed by atoms with Gasteiger partial charge in [0, 0.05) is 25.2 Å². The molecule has 2 N–H and O–H groups in total. The summed E-state index contributed by atoms with van der Waals surface area (Å²) in [4.78, 5) is 13.5. The van der Waals surface area contributed by atoms with Crippen LogP contribution in [0.5, 0.6) is 5.75 Å². The fourth-order valence-electron chi connectivity index (χ4n) is 2.09. The topological polar surface area (TPSA) is 71.0 Å². The van der Waals surface area contributed by atoms with E-state index in [0.717, 1.165) is 0 Å². The molecular formula is C14H19ClN2O4. The first-order chi connectivity index (χ1) is 10.1. The molecule has 1 aliphatic rings. The van der Waals surface area contributed by atoms with Gasteiger partial charge in [-0.1, -0.05) is 11.6 Å². The highest BCUT2D eigenvalue weighted by atomic mass is 35.5. The minimum absolute atomic E-state index is 0.0293. The summed E-state index contributed by atoms with van der Waals surface area (Å²) in [5, 5.41) is 13.6. The second kappa shape index (κ2) is 7.61. The summed E-state index contributed by atoms with van der Waals surface area (Å²) in [6.45, 7) is 1.76. The van der Waals surface area contributed by atoms with Gasteiger partial charge in [0.05, 0.1) is 24.9 Å². The molecule has 1 unspecified atom stereocenters. The number of rotatable bonds is 7. The zero-order valence-electron chi connectivity index (χ0n) is 11.8. The van der Waals surface area contributed by atoms with Crippen LogP contribution in [-0.4, -0.2) is 57.1 Å². The van der Waals surface area contributed by atoms with Gasteiger partial charge in [0.15, 0.2) is 6.61 Å². The van der Waals surface area contributed by atoms with Crippen molar-refractivity contribution in [3.8, 4) is 5.75 Å². The van der Waals surface area contributed by atoms with E-state index in [2.05, 4.69) is 5.32 Å². The first-order valence-corrected chi connectivity index (χ1v) is 7.10. The highest BCUT2D eigenvalue weighted by Crippen LogP contribution is 2.34. The van der Waals surface area contributed by atoms with Gasteiger partial charge < -0.3 is 24.8 Å².